The van der Waals surface area contributed by atoms with Crippen LogP contribution in [0.25, 0.3) is 15.2 Å². The Labute approximate surface area is 147 Å². The largest absolute Gasteiger partial charge is 0.270 e. The average molecular weight is 376 g/mol. The number of hydrogen-bond acceptors (Lipinski definition) is 9. The molecule has 3 heterocycles. The molecule has 4 rings (SSSR count). The summed E-state index contributed by atoms with van der Waals surface area (Å²) >= 11 is 4.31. The first kappa shape index (κ1) is 15.2. The molecule has 0 N–H and O–H groups in total. The molecule has 0 unspecified atom stereocenters. The third-order valence-corrected chi connectivity index (χ3v) is 6.11. The second kappa shape index (κ2) is 5.92. The molecular formula is C13H8N6O2S3. The summed E-state index contributed by atoms with van der Waals surface area (Å²) in [5, 5.41) is 24.2. The number of tetrazole rings is 1. The second-order valence-corrected chi connectivity index (χ2v) is 8.26. The predicted octanol–water partition coefficient (Wildman–Crippen LogP) is 3.70. The Kier molecular flexibility index (Phi) is 3.75. The molecule has 0 amide bonds. The highest BCUT2D eigenvalue weighted by atomic mass is 32.2. The summed E-state index contributed by atoms with van der Waals surface area (Å²) in [6.07, 6.45) is 0. The van der Waals surface area contributed by atoms with Crippen LogP contribution >= 0.6 is 34.4 Å². The fourth-order valence-corrected chi connectivity index (χ4v) is 4.90. The molecule has 0 saturated carbocycles. The standard InChI is InChI=1S/C13H8N6O2S3/c1-7-2-5-11(22-7)18-12(15-16-17-18)24-13-14-9-4-3-8(19(20)21)6-10(9)23-13/h2-6H,1H3. The monoisotopic (exact) mass is 376 g/mol. The van der Waals surface area contributed by atoms with Crippen LogP contribution in [0.15, 0.2) is 39.8 Å². The summed E-state index contributed by atoms with van der Waals surface area (Å²) < 4.78 is 3.16. The van der Waals surface area contributed by atoms with E-state index in [-0.39, 0.29) is 5.69 Å². The highest BCUT2D eigenvalue weighted by Gasteiger charge is 2.16. The Morgan fingerprint density at radius 2 is 2.12 bits per heavy atom. The Morgan fingerprint density at radius 1 is 1.25 bits per heavy atom. The van der Waals surface area contributed by atoms with Gasteiger partial charge in [0, 0.05) is 17.0 Å². The molecule has 0 spiro atoms. The Balaban J connectivity index is 1.68. The van der Waals surface area contributed by atoms with Crippen LogP contribution in [0.1, 0.15) is 4.88 Å². The first-order valence-electron chi connectivity index (χ1n) is 6.68. The first-order valence-corrected chi connectivity index (χ1v) is 9.13. The summed E-state index contributed by atoms with van der Waals surface area (Å²) in [5.74, 6) is 0. The fraction of sp³-hybridized carbons (Fsp3) is 0.0769. The van der Waals surface area contributed by atoms with E-state index in [2.05, 4.69) is 20.5 Å². The molecule has 0 aliphatic carbocycles. The molecule has 11 heteroatoms. The number of nitro benzene ring substituents is 1. The minimum Gasteiger partial charge on any atom is -0.258 e. The lowest BCUT2D eigenvalue weighted by Crippen LogP contribution is -1.95. The van der Waals surface area contributed by atoms with Crippen molar-refractivity contribution in [1.82, 2.24) is 25.2 Å². The average Bonchev–Trinajstić information content (AvgIpc) is 3.25. The van der Waals surface area contributed by atoms with Gasteiger partial charge in [-0.25, -0.2) is 4.98 Å². The highest BCUT2D eigenvalue weighted by molar-refractivity contribution is 8.01. The van der Waals surface area contributed by atoms with Crippen molar-refractivity contribution in [3.63, 3.8) is 0 Å². The molecule has 120 valence electrons. The molecule has 0 radical (unpaired) electrons. The molecule has 4 aromatic rings. The number of thiazole rings is 1. The van der Waals surface area contributed by atoms with Gasteiger partial charge in [0.2, 0.25) is 5.16 Å². The predicted molar refractivity (Wildman–Crippen MR) is 92.2 cm³/mol. The van der Waals surface area contributed by atoms with Gasteiger partial charge < -0.3 is 0 Å². The fourth-order valence-electron chi connectivity index (χ4n) is 2.04. The molecule has 0 fully saturated rings. The number of non-ortho nitro benzene ring substituents is 1. The summed E-state index contributed by atoms with van der Waals surface area (Å²) in [7, 11) is 0. The van der Waals surface area contributed by atoms with Gasteiger partial charge in [-0.3, -0.25) is 10.1 Å². The van der Waals surface area contributed by atoms with Crippen LogP contribution in [0.3, 0.4) is 0 Å². The van der Waals surface area contributed by atoms with Crippen molar-refractivity contribution in [1.29, 1.82) is 0 Å². The number of rotatable bonds is 4. The zero-order chi connectivity index (χ0) is 16.7. The lowest BCUT2D eigenvalue weighted by Gasteiger charge is -1.98. The molecule has 24 heavy (non-hydrogen) atoms. The van der Waals surface area contributed by atoms with E-state index in [9.17, 15) is 10.1 Å². The molecule has 8 nitrogen and oxygen atoms in total. The lowest BCUT2D eigenvalue weighted by atomic mass is 10.3. The molecule has 3 aromatic heterocycles. The molecular weight excluding hydrogens is 368 g/mol. The SMILES string of the molecule is Cc1ccc(-n2nnnc2Sc2nc3ccc([N+](=O)[O-])cc3s2)s1. The summed E-state index contributed by atoms with van der Waals surface area (Å²) in [6, 6.07) is 8.60. The van der Waals surface area contributed by atoms with Gasteiger partial charge in [0.05, 0.1) is 15.1 Å². The van der Waals surface area contributed by atoms with E-state index in [4.69, 9.17) is 0 Å². The lowest BCUT2D eigenvalue weighted by molar-refractivity contribution is -0.384. The van der Waals surface area contributed by atoms with E-state index in [1.54, 1.807) is 22.1 Å². The third-order valence-electron chi connectivity index (χ3n) is 3.12. The van der Waals surface area contributed by atoms with Crippen molar-refractivity contribution in [3.8, 4) is 5.00 Å². The van der Waals surface area contributed by atoms with E-state index in [1.807, 2.05) is 19.1 Å². The number of aryl methyl sites for hydroxylation is 1. The van der Waals surface area contributed by atoms with Crippen molar-refractivity contribution >= 4 is 50.3 Å². The second-order valence-electron chi connectivity index (χ2n) is 4.75. The molecule has 0 aliphatic rings. The van der Waals surface area contributed by atoms with Gasteiger partial charge in [-0.1, -0.05) is 0 Å². The van der Waals surface area contributed by atoms with Gasteiger partial charge in [-0.15, -0.1) is 27.8 Å². The number of aromatic nitrogens is 5. The third kappa shape index (κ3) is 2.77. The maximum atomic E-state index is 10.9. The number of fused-ring (bicyclic) bond motifs is 1. The Morgan fingerprint density at radius 3 is 2.88 bits per heavy atom. The minimum atomic E-state index is -0.411. The zero-order valence-corrected chi connectivity index (χ0v) is 14.6. The van der Waals surface area contributed by atoms with Gasteiger partial charge in [0.25, 0.3) is 5.69 Å². The summed E-state index contributed by atoms with van der Waals surface area (Å²) in [5.41, 5.74) is 0.778. The van der Waals surface area contributed by atoms with Crippen molar-refractivity contribution in [2.24, 2.45) is 0 Å². The summed E-state index contributed by atoms with van der Waals surface area (Å²) in [6.45, 7) is 2.02. The maximum Gasteiger partial charge on any atom is 0.270 e. The van der Waals surface area contributed by atoms with Crippen LogP contribution in [-0.4, -0.2) is 30.1 Å². The van der Waals surface area contributed by atoms with Gasteiger partial charge in [0.1, 0.15) is 5.00 Å². The number of hydrogen-bond donors (Lipinski definition) is 0. The van der Waals surface area contributed by atoms with E-state index >= 15 is 0 Å². The van der Waals surface area contributed by atoms with Crippen molar-refractivity contribution in [2.45, 2.75) is 16.4 Å². The smallest absolute Gasteiger partial charge is 0.258 e. The quantitative estimate of drug-likeness (QED) is 0.395. The van der Waals surface area contributed by atoms with Gasteiger partial charge in [-0.2, -0.15) is 4.68 Å². The van der Waals surface area contributed by atoms with Crippen LogP contribution in [0.5, 0.6) is 0 Å². The topological polar surface area (TPSA) is 99.6 Å². The van der Waals surface area contributed by atoms with Crippen LogP contribution in [0.2, 0.25) is 0 Å². The van der Waals surface area contributed by atoms with Crippen molar-refractivity contribution < 1.29 is 4.92 Å². The molecule has 1 aromatic carbocycles. The zero-order valence-electron chi connectivity index (χ0n) is 12.1. The molecule has 0 bridgehead atoms. The Hall–Kier alpha value is -2.37. The van der Waals surface area contributed by atoms with Crippen LogP contribution in [0, 0.1) is 17.0 Å². The first-order chi connectivity index (χ1) is 11.6. The van der Waals surface area contributed by atoms with E-state index in [0.717, 1.165) is 19.6 Å². The van der Waals surface area contributed by atoms with Gasteiger partial charge in [-0.05, 0) is 47.3 Å². The van der Waals surface area contributed by atoms with Crippen molar-refractivity contribution in [2.75, 3.05) is 0 Å². The Bertz CT molecular complexity index is 1050. The van der Waals surface area contributed by atoms with Gasteiger partial charge in [0.15, 0.2) is 4.34 Å². The van der Waals surface area contributed by atoms with E-state index in [0.29, 0.717) is 5.16 Å². The van der Waals surface area contributed by atoms with E-state index < -0.39 is 4.92 Å². The normalized spacial score (nSPS) is 11.2. The van der Waals surface area contributed by atoms with Crippen LogP contribution < -0.4 is 0 Å². The van der Waals surface area contributed by atoms with Crippen molar-refractivity contribution in [3.05, 3.63) is 45.3 Å². The van der Waals surface area contributed by atoms with Crippen LogP contribution in [-0.2, 0) is 0 Å². The van der Waals surface area contributed by atoms with E-state index in [1.165, 1.54) is 40.1 Å². The highest BCUT2D eigenvalue weighted by Crippen LogP contribution is 2.35. The maximum absolute atomic E-state index is 10.9. The van der Waals surface area contributed by atoms with Crippen LogP contribution in [0.4, 0.5) is 5.69 Å². The number of thiophene rings is 1. The number of benzene rings is 1. The minimum absolute atomic E-state index is 0.0570. The van der Waals surface area contributed by atoms with Gasteiger partial charge >= 0.3 is 0 Å². The summed E-state index contributed by atoms with van der Waals surface area (Å²) in [4.78, 5) is 16.1. The molecule has 0 aliphatic heterocycles. The molecule has 0 atom stereocenters. The number of nitro groups is 1. The molecule has 0 saturated heterocycles. The number of nitrogens with zero attached hydrogens (tertiary/aromatic N) is 6.